The molecule has 0 bridgehead atoms. The summed E-state index contributed by atoms with van der Waals surface area (Å²) in [6.07, 6.45) is 4.46. The fourth-order valence-corrected chi connectivity index (χ4v) is 2.26. The van der Waals surface area contributed by atoms with Crippen molar-refractivity contribution in [2.75, 3.05) is 0 Å². The van der Waals surface area contributed by atoms with E-state index in [-0.39, 0.29) is 17.9 Å². The molecule has 0 fully saturated rings. The van der Waals surface area contributed by atoms with E-state index in [1.807, 2.05) is 0 Å². The van der Waals surface area contributed by atoms with Crippen LogP contribution >= 0.6 is 0 Å². The lowest BCUT2D eigenvalue weighted by Gasteiger charge is -2.08. The maximum Gasteiger partial charge on any atom is 0.306 e. The van der Waals surface area contributed by atoms with Gasteiger partial charge in [0.05, 0.1) is 11.8 Å². The summed E-state index contributed by atoms with van der Waals surface area (Å²) in [6, 6.07) is 4.31. The van der Waals surface area contributed by atoms with Gasteiger partial charge in [-0.3, -0.25) is 19.2 Å². The minimum atomic E-state index is -0.913. The van der Waals surface area contributed by atoms with Gasteiger partial charge in [-0.05, 0) is 48.3 Å². The van der Waals surface area contributed by atoms with Gasteiger partial charge < -0.3 is 20.4 Å². The van der Waals surface area contributed by atoms with Gasteiger partial charge in [-0.2, -0.15) is 0 Å². The van der Waals surface area contributed by atoms with Crippen molar-refractivity contribution in [1.82, 2.24) is 0 Å². The van der Waals surface area contributed by atoms with Crippen molar-refractivity contribution in [2.45, 2.75) is 26.7 Å². The second kappa shape index (κ2) is 10.1. The Bertz CT molecular complexity index is 835. The van der Waals surface area contributed by atoms with E-state index < -0.39 is 35.3 Å². The molecule has 28 heavy (non-hydrogen) atoms. The van der Waals surface area contributed by atoms with Gasteiger partial charge in [0.25, 0.3) is 0 Å². The number of rotatable bonds is 6. The number of hydrogen-bond donors (Lipinski definition) is 4. The number of ketones is 2. The van der Waals surface area contributed by atoms with Crippen molar-refractivity contribution in [2.24, 2.45) is 11.8 Å². The summed E-state index contributed by atoms with van der Waals surface area (Å²) in [4.78, 5) is 42.8. The van der Waals surface area contributed by atoms with Crippen LogP contribution in [0.5, 0.6) is 11.5 Å². The molecule has 0 heterocycles. The Morgan fingerprint density at radius 1 is 0.857 bits per heavy atom. The van der Waals surface area contributed by atoms with E-state index in [0.717, 1.165) is 0 Å². The van der Waals surface area contributed by atoms with E-state index in [1.54, 1.807) is 19.9 Å². The van der Waals surface area contributed by atoms with Crippen molar-refractivity contribution in [3.63, 3.8) is 0 Å². The predicted octanol–water partition coefficient (Wildman–Crippen LogP) is 2.09. The normalized spacial score (nSPS) is 15.1. The largest absolute Gasteiger partial charge is 0.504 e. The SMILES string of the molecule is CC(CC1=CC(=O)C(=O)C=C1)C(=O)O.CC(Cc1ccc(O)c(O)c1)C(=O)O. The monoisotopic (exact) mass is 390 g/mol. The van der Waals surface area contributed by atoms with Gasteiger partial charge in [-0.15, -0.1) is 0 Å². The molecule has 2 rings (SSSR count). The van der Waals surface area contributed by atoms with Gasteiger partial charge in [-0.1, -0.05) is 26.0 Å². The van der Waals surface area contributed by atoms with Gasteiger partial charge in [0, 0.05) is 0 Å². The third-order valence-electron chi connectivity index (χ3n) is 3.97. The molecular weight excluding hydrogens is 368 g/mol. The third kappa shape index (κ3) is 7.06. The highest BCUT2D eigenvalue weighted by Crippen LogP contribution is 2.26. The van der Waals surface area contributed by atoms with Crippen molar-refractivity contribution >= 4 is 23.5 Å². The number of carboxylic acids is 2. The Morgan fingerprint density at radius 3 is 1.93 bits per heavy atom. The zero-order valence-electron chi connectivity index (χ0n) is 15.5. The molecule has 8 nitrogen and oxygen atoms in total. The van der Waals surface area contributed by atoms with Crippen LogP contribution in [0.1, 0.15) is 25.8 Å². The maximum atomic E-state index is 10.9. The van der Waals surface area contributed by atoms with Gasteiger partial charge >= 0.3 is 11.9 Å². The lowest BCUT2D eigenvalue weighted by Crippen LogP contribution is -2.15. The van der Waals surface area contributed by atoms with E-state index in [4.69, 9.17) is 20.4 Å². The molecule has 1 aliphatic rings. The maximum absolute atomic E-state index is 10.9. The topological polar surface area (TPSA) is 149 Å². The molecule has 0 aliphatic heterocycles. The minimum Gasteiger partial charge on any atom is -0.504 e. The molecule has 2 unspecified atom stereocenters. The Kier molecular flexibility index (Phi) is 8.12. The molecular formula is C20H22O8. The molecule has 150 valence electrons. The Balaban J connectivity index is 0.000000280. The van der Waals surface area contributed by atoms with E-state index >= 15 is 0 Å². The van der Waals surface area contributed by atoms with Gasteiger partial charge in [0.15, 0.2) is 11.5 Å². The summed E-state index contributed by atoms with van der Waals surface area (Å²) < 4.78 is 0. The average Bonchev–Trinajstić information content (AvgIpc) is 2.61. The van der Waals surface area contributed by atoms with E-state index in [1.165, 1.54) is 30.4 Å². The molecule has 2 atom stereocenters. The molecule has 0 amide bonds. The van der Waals surface area contributed by atoms with Crippen LogP contribution < -0.4 is 0 Å². The van der Waals surface area contributed by atoms with Crippen LogP contribution in [0.15, 0.2) is 42.0 Å². The summed E-state index contributed by atoms with van der Waals surface area (Å²) in [5, 5.41) is 35.5. The molecule has 0 saturated heterocycles. The Labute approximate surface area is 161 Å². The number of hydrogen-bond acceptors (Lipinski definition) is 6. The van der Waals surface area contributed by atoms with Crippen LogP contribution in [0.4, 0.5) is 0 Å². The molecule has 1 aromatic carbocycles. The van der Waals surface area contributed by atoms with E-state index in [0.29, 0.717) is 17.6 Å². The van der Waals surface area contributed by atoms with Crippen LogP contribution in [0.25, 0.3) is 0 Å². The number of carbonyl (C=O) groups excluding carboxylic acids is 2. The molecule has 1 aliphatic carbocycles. The molecule has 1 aromatic rings. The number of aliphatic carboxylic acids is 2. The third-order valence-corrected chi connectivity index (χ3v) is 3.97. The van der Waals surface area contributed by atoms with Crippen molar-refractivity contribution in [3.05, 3.63) is 47.6 Å². The van der Waals surface area contributed by atoms with Crippen molar-refractivity contribution < 1.29 is 39.6 Å². The first-order valence-corrected chi connectivity index (χ1v) is 8.44. The van der Waals surface area contributed by atoms with Crippen LogP contribution in [0.3, 0.4) is 0 Å². The second-order valence-corrected chi connectivity index (χ2v) is 6.49. The highest BCUT2D eigenvalue weighted by molar-refractivity contribution is 6.46. The zero-order valence-corrected chi connectivity index (χ0v) is 15.5. The number of carbonyl (C=O) groups is 4. The van der Waals surface area contributed by atoms with E-state index in [2.05, 4.69) is 0 Å². The highest BCUT2D eigenvalue weighted by Gasteiger charge is 2.17. The summed E-state index contributed by atoms with van der Waals surface area (Å²) in [5.41, 5.74) is 1.28. The van der Waals surface area contributed by atoms with Gasteiger partial charge in [0.2, 0.25) is 11.6 Å². The van der Waals surface area contributed by atoms with Crippen LogP contribution in [0.2, 0.25) is 0 Å². The number of phenols is 2. The lowest BCUT2D eigenvalue weighted by molar-refractivity contribution is -0.142. The smallest absolute Gasteiger partial charge is 0.306 e. The molecule has 4 N–H and O–H groups in total. The first-order chi connectivity index (χ1) is 13.0. The number of benzene rings is 1. The first kappa shape index (κ1) is 22.6. The lowest BCUT2D eigenvalue weighted by atomic mass is 9.96. The quantitative estimate of drug-likeness (QED) is 0.328. The van der Waals surface area contributed by atoms with Crippen molar-refractivity contribution in [1.29, 1.82) is 0 Å². The Hall–Kier alpha value is -3.42. The van der Waals surface area contributed by atoms with Crippen LogP contribution in [-0.4, -0.2) is 43.9 Å². The van der Waals surface area contributed by atoms with Crippen LogP contribution in [0, 0.1) is 11.8 Å². The first-order valence-electron chi connectivity index (χ1n) is 8.44. The number of allylic oxidation sites excluding steroid dienone is 4. The number of carboxylic acid groups (broad SMARTS) is 2. The highest BCUT2D eigenvalue weighted by atomic mass is 16.4. The number of aromatic hydroxyl groups is 2. The van der Waals surface area contributed by atoms with Gasteiger partial charge in [-0.25, -0.2) is 0 Å². The molecule has 0 radical (unpaired) electrons. The summed E-state index contributed by atoms with van der Waals surface area (Å²) in [5.74, 6) is -4.40. The minimum absolute atomic E-state index is 0.197. The van der Waals surface area contributed by atoms with Gasteiger partial charge in [0.1, 0.15) is 0 Å². The predicted molar refractivity (Wildman–Crippen MR) is 98.9 cm³/mol. The summed E-state index contributed by atoms with van der Waals surface area (Å²) in [7, 11) is 0. The zero-order chi connectivity index (χ0) is 21.4. The molecule has 8 heteroatoms. The fourth-order valence-electron chi connectivity index (χ4n) is 2.26. The Morgan fingerprint density at radius 2 is 1.43 bits per heavy atom. The second-order valence-electron chi connectivity index (χ2n) is 6.49. The average molecular weight is 390 g/mol. The van der Waals surface area contributed by atoms with E-state index in [9.17, 15) is 19.2 Å². The van der Waals surface area contributed by atoms with Crippen molar-refractivity contribution in [3.8, 4) is 11.5 Å². The fraction of sp³-hybridized carbons (Fsp3) is 0.300. The number of phenolic OH excluding ortho intramolecular Hbond substituents is 2. The molecule has 0 saturated carbocycles. The van der Waals surface area contributed by atoms with Crippen LogP contribution in [-0.2, 0) is 25.6 Å². The standard InChI is InChI=1S/C10H12O4.C10H10O4/c2*1-6(10(13)14)4-7-2-3-8(11)9(12)5-7/h2-3,5-6,11-12H,4H2,1H3,(H,13,14);2-3,5-6H,4H2,1H3,(H,13,14). The molecule has 0 spiro atoms. The molecule has 0 aromatic heterocycles. The summed E-state index contributed by atoms with van der Waals surface area (Å²) >= 11 is 0. The summed E-state index contributed by atoms with van der Waals surface area (Å²) in [6.45, 7) is 3.14.